The van der Waals surface area contributed by atoms with E-state index in [-0.39, 0.29) is 0 Å². The van der Waals surface area contributed by atoms with Gasteiger partial charge in [0.1, 0.15) is 5.76 Å². The second-order valence-corrected chi connectivity index (χ2v) is 4.73. The van der Waals surface area contributed by atoms with E-state index in [9.17, 15) is 0 Å². The van der Waals surface area contributed by atoms with Crippen LogP contribution in [0.1, 0.15) is 37.8 Å². The minimum Gasteiger partial charge on any atom is -0.446 e. The lowest BCUT2D eigenvalue weighted by Gasteiger charge is -2.34. The van der Waals surface area contributed by atoms with Crippen LogP contribution in [0, 0.1) is 5.92 Å². The third kappa shape index (κ3) is 3.54. The normalized spacial score (nSPS) is 23.6. The van der Waals surface area contributed by atoms with Gasteiger partial charge in [0.15, 0.2) is 5.89 Å². The van der Waals surface area contributed by atoms with E-state index in [4.69, 9.17) is 14.9 Å². The maximum Gasteiger partial charge on any atom is 0.194 e. The monoisotopic (exact) mass is 238 g/mol. The number of nitrogens with two attached hydrogens (primary N) is 1. The molecule has 1 aromatic rings. The minimum absolute atomic E-state index is 0.477. The fourth-order valence-corrected chi connectivity index (χ4v) is 2.31. The summed E-state index contributed by atoms with van der Waals surface area (Å²) in [6.45, 7) is 3.56. The molecule has 1 aliphatic carbocycles. The zero-order valence-electron chi connectivity index (χ0n) is 10.5. The van der Waals surface area contributed by atoms with Crippen molar-refractivity contribution in [2.24, 2.45) is 11.7 Å². The Kier molecular flexibility index (Phi) is 4.57. The van der Waals surface area contributed by atoms with E-state index in [1.165, 1.54) is 0 Å². The third-order valence-electron chi connectivity index (χ3n) is 3.28. The molecule has 4 nitrogen and oxygen atoms in total. The van der Waals surface area contributed by atoms with E-state index >= 15 is 0 Å². The lowest BCUT2D eigenvalue weighted by atomic mass is 9.79. The van der Waals surface area contributed by atoms with Crippen molar-refractivity contribution in [1.82, 2.24) is 4.98 Å². The highest BCUT2D eigenvalue weighted by atomic mass is 16.5. The molecule has 96 valence electrons. The molecule has 1 aromatic heterocycles. The molecule has 0 radical (unpaired) electrons. The van der Waals surface area contributed by atoms with Crippen molar-refractivity contribution < 1.29 is 9.15 Å². The molecule has 2 rings (SSSR count). The summed E-state index contributed by atoms with van der Waals surface area (Å²) in [5.41, 5.74) is 5.45. The Balaban J connectivity index is 1.71. The smallest absolute Gasteiger partial charge is 0.194 e. The number of hydrogen-bond donors (Lipinski definition) is 1. The molecule has 0 aromatic carbocycles. The predicted octanol–water partition coefficient (Wildman–Crippen LogP) is 1.92. The van der Waals surface area contributed by atoms with Crippen molar-refractivity contribution in [1.29, 1.82) is 0 Å². The molecule has 1 heterocycles. The molecule has 4 heteroatoms. The number of nitrogens with zero attached hydrogens (tertiary/aromatic N) is 1. The molecule has 0 unspecified atom stereocenters. The summed E-state index contributed by atoms with van der Waals surface area (Å²) in [5, 5.41) is 0. The molecule has 0 amide bonds. The van der Waals surface area contributed by atoms with E-state index in [2.05, 4.69) is 4.98 Å². The minimum atomic E-state index is 0.477. The van der Waals surface area contributed by atoms with Crippen LogP contribution in [0.2, 0.25) is 0 Å². The molecular formula is C13H22N2O2. The quantitative estimate of drug-likeness (QED) is 0.788. The number of ether oxygens (including phenoxy) is 1. The van der Waals surface area contributed by atoms with Crippen LogP contribution in [-0.4, -0.2) is 24.2 Å². The summed E-state index contributed by atoms with van der Waals surface area (Å²) in [6, 6.07) is 0. The second-order valence-electron chi connectivity index (χ2n) is 4.73. The zero-order valence-corrected chi connectivity index (χ0v) is 10.5. The van der Waals surface area contributed by atoms with Gasteiger partial charge in [-0.2, -0.15) is 0 Å². The van der Waals surface area contributed by atoms with Crippen LogP contribution in [0.5, 0.6) is 0 Å². The molecule has 0 bridgehead atoms. The van der Waals surface area contributed by atoms with Crippen molar-refractivity contribution in [2.45, 2.75) is 45.1 Å². The number of hydrogen-bond acceptors (Lipinski definition) is 4. The molecule has 2 N–H and O–H groups in total. The van der Waals surface area contributed by atoms with Crippen LogP contribution in [0.15, 0.2) is 10.6 Å². The average Bonchev–Trinajstić information content (AvgIpc) is 2.71. The van der Waals surface area contributed by atoms with Gasteiger partial charge in [0.2, 0.25) is 0 Å². The van der Waals surface area contributed by atoms with Gasteiger partial charge < -0.3 is 14.9 Å². The van der Waals surface area contributed by atoms with Crippen molar-refractivity contribution >= 4 is 0 Å². The van der Waals surface area contributed by atoms with Crippen LogP contribution in [0.25, 0.3) is 0 Å². The third-order valence-corrected chi connectivity index (χ3v) is 3.28. The van der Waals surface area contributed by atoms with E-state index < -0.39 is 0 Å². The highest BCUT2D eigenvalue weighted by Gasteiger charge is 2.30. The van der Waals surface area contributed by atoms with Crippen LogP contribution in [0.4, 0.5) is 0 Å². The first-order chi connectivity index (χ1) is 8.31. The fraction of sp³-hybridized carbons (Fsp3) is 0.769. The fourth-order valence-electron chi connectivity index (χ4n) is 2.31. The van der Waals surface area contributed by atoms with E-state index in [0.29, 0.717) is 18.6 Å². The highest BCUT2D eigenvalue weighted by Crippen LogP contribution is 2.32. The summed E-state index contributed by atoms with van der Waals surface area (Å²) in [7, 11) is 0. The van der Waals surface area contributed by atoms with Gasteiger partial charge in [-0.15, -0.1) is 0 Å². The summed E-state index contributed by atoms with van der Waals surface area (Å²) in [4.78, 5) is 4.27. The maximum absolute atomic E-state index is 5.68. The highest BCUT2D eigenvalue weighted by molar-refractivity contribution is 4.98. The van der Waals surface area contributed by atoms with Crippen LogP contribution in [-0.2, 0) is 17.6 Å². The van der Waals surface area contributed by atoms with Crippen molar-refractivity contribution in [2.75, 3.05) is 13.2 Å². The number of aryl methyl sites for hydroxylation is 1. The Bertz CT molecular complexity index is 332. The molecule has 0 saturated heterocycles. The predicted molar refractivity (Wildman–Crippen MR) is 65.7 cm³/mol. The van der Waals surface area contributed by atoms with Gasteiger partial charge in [-0.25, -0.2) is 4.98 Å². The molecule has 1 saturated carbocycles. The van der Waals surface area contributed by atoms with Crippen LogP contribution < -0.4 is 5.73 Å². The van der Waals surface area contributed by atoms with E-state index in [1.54, 1.807) is 0 Å². The Morgan fingerprint density at radius 3 is 3.06 bits per heavy atom. The number of oxazole rings is 1. The lowest BCUT2D eigenvalue weighted by Crippen LogP contribution is -2.32. The van der Waals surface area contributed by atoms with Crippen LogP contribution in [0.3, 0.4) is 0 Å². The Labute approximate surface area is 103 Å². The first kappa shape index (κ1) is 12.6. The van der Waals surface area contributed by atoms with Gasteiger partial charge in [0, 0.05) is 19.4 Å². The Morgan fingerprint density at radius 1 is 1.53 bits per heavy atom. The summed E-state index contributed by atoms with van der Waals surface area (Å²) >= 11 is 0. The number of aromatic nitrogens is 1. The summed E-state index contributed by atoms with van der Waals surface area (Å²) in [5.74, 6) is 2.55. The van der Waals surface area contributed by atoms with Gasteiger partial charge in [0.05, 0.1) is 12.3 Å². The first-order valence-corrected chi connectivity index (χ1v) is 6.57. The zero-order chi connectivity index (χ0) is 12.1. The van der Waals surface area contributed by atoms with Gasteiger partial charge in [-0.05, 0) is 38.6 Å². The molecule has 0 atom stereocenters. The first-order valence-electron chi connectivity index (χ1n) is 6.57. The molecule has 0 aliphatic heterocycles. The molecular weight excluding hydrogens is 216 g/mol. The topological polar surface area (TPSA) is 61.3 Å². The van der Waals surface area contributed by atoms with Crippen molar-refractivity contribution in [3.05, 3.63) is 17.8 Å². The number of rotatable bonds is 7. The second kappa shape index (κ2) is 6.17. The van der Waals surface area contributed by atoms with E-state index in [1.807, 2.05) is 13.1 Å². The lowest BCUT2D eigenvalue weighted by molar-refractivity contribution is -0.0252. The van der Waals surface area contributed by atoms with E-state index in [0.717, 1.165) is 50.4 Å². The molecule has 17 heavy (non-hydrogen) atoms. The standard InChI is InChI=1S/C13H22N2O2/c1-2-16-11-6-10(7-11)8-12-9-15-13(17-12)4-3-5-14/h9-11H,2-8,14H2,1H3. The van der Waals surface area contributed by atoms with Gasteiger partial charge in [-0.3, -0.25) is 0 Å². The SMILES string of the molecule is CCOC1CC(Cc2cnc(CCCN)o2)C1. The average molecular weight is 238 g/mol. The van der Waals surface area contributed by atoms with Crippen LogP contribution >= 0.6 is 0 Å². The van der Waals surface area contributed by atoms with Gasteiger partial charge in [0.25, 0.3) is 0 Å². The van der Waals surface area contributed by atoms with Crippen molar-refractivity contribution in [3.8, 4) is 0 Å². The Morgan fingerprint density at radius 2 is 2.35 bits per heavy atom. The van der Waals surface area contributed by atoms with Crippen molar-refractivity contribution in [3.63, 3.8) is 0 Å². The molecule has 1 aliphatic rings. The Hall–Kier alpha value is -0.870. The van der Waals surface area contributed by atoms with Gasteiger partial charge >= 0.3 is 0 Å². The summed E-state index contributed by atoms with van der Waals surface area (Å²) < 4.78 is 11.2. The maximum atomic E-state index is 5.68. The molecule has 1 fully saturated rings. The summed E-state index contributed by atoms with van der Waals surface area (Å²) in [6.07, 6.45) is 7.45. The largest absolute Gasteiger partial charge is 0.446 e. The molecule has 0 spiro atoms. The van der Waals surface area contributed by atoms with Gasteiger partial charge in [-0.1, -0.05) is 0 Å².